The zero-order chi connectivity index (χ0) is 23.1. The van der Waals surface area contributed by atoms with Crippen LogP contribution in [0.1, 0.15) is 12.8 Å². The van der Waals surface area contributed by atoms with Gasteiger partial charge in [-0.15, -0.1) is 10.2 Å². The van der Waals surface area contributed by atoms with Gasteiger partial charge >= 0.3 is 0 Å². The van der Waals surface area contributed by atoms with Crippen LogP contribution in [0.3, 0.4) is 0 Å². The number of likely N-dealkylation sites (tertiary alicyclic amines) is 1. The summed E-state index contributed by atoms with van der Waals surface area (Å²) in [4.78, 5) is 18.0. The lowest BCUT2D eigenvalue weighted by molar-refractivity contribution is -0.132. The number of hydrogen-bond acceptors (Lipinski definition) is 7. The Morgan fingerprint density at radius 2 is 2.15 bits per heavy atom. The molecule has 33 heavy (non-hydrogen) atoms. The number of hydrogen-bond donors (Lipinski definition) is 1. The first kappa shape index (κ1) is 21.0. The fourth-order valence-corrected chi connectivity index (χ4v) is 4.14. The van der Waals surface area contributed by atoms with Crippen LogP contribution in [0.5, 0.6) is 5.88 Å². The highest BCUT2D eigenvalue weighted by atomic mass is 19.3. The van der Waals surface area contributed by atoms with Gasteiger partial charge in [-0.3, -0.25) is 4.79 Å². The molecule has 0 radical (unpaired) electrons. The van der Waals surface area contributed by atoms with Crippen molar-refractivity contribution in [3.63, 3.8) is 0 Å². The van der Waals surface area contributed by atoms with Gasteiger partial charge in [-0.25, -0.2) is 18.0 Å². The monoisotopic (exact) mass is 456 g/mol. The Kier molecular flexibility index (Phi) is 5.27. The van der Waals surface area contributed by atoms with E-state index in [-0.39, 0.29) is 11.9 Å². The van der Waals surface area contributed by atoms with Crippen LogP contribution in [0.25, 0.3) is 27.7 Å². The second-order valence-electron chi connectivity index (χ2n) is 7.99. The highest BCUT2D eigenvalue weighted by Crippen LogP contribution is 2.33. The smallest absolute Gasteiger partial charge is 0.258 e. The number of anilines is 1. The van der Waals surface area contributed by atoms with Crippen molar-refractivity contribution in [3.8, 4) is 17.0 Å². The lowest BCUT2D eigenvalue weighted by Gasteiger charge is -2.30. The molecule has 0 spiro atoms. The number of amides is 1. The molecule has 1 atom stereocenters. The number of rotatable bonds is 6. The van der Waals surface area contributed by atoms with E-state index >= 15 is 0 Å². The molecule has 10 nitrogen and oxygen atoms in total. The first-order valence-corrected chi connectivity index (χ1v) is 10.5. The number of carbonyl (C=O) groups is 1. The van der Waals surface area contributed by atoms with Crippen LogP contribution in [0.15, 0.2) is 30.5 Å². The van der Waals surface area contributed by atoms with E-state index in [0.29, 0.717) is 47.8 Å². The van der Waals surface area contributed by atoms with Crippen LogP contribution in [0.4, 0.5) is 14.7 Å². The summed E-state index contributed by atoms with van der Waals surface area (Å²) in [6.07, 6.45) is 0.427. The predicted molar refractivity (Wildman–Crippen MR) is 116 cm³/mol. The number of piperidine rings is 1. The third-order valence-corrected chi connectivity index (χ3v) is 5.77. The number of methoxy groups -OCH3 is 1. The number of ether oxygens (including phenoxy) is 1. The van der Waals surface area contributed by atoms with Crippen molar-refractivity contribution in [1.82, 2.24) is 34.5 Å². The maximum absolute atomic E-state index is 12.9. The quantitative estimate of drug-likeness (QED) is 0.475. The van der Waals surface area contributed by atoms with E-state index in [2.05, 4.69) is 25.7 Å². The molecule has 12 heteroatoms. The van der Waals surface area contributed by atoms with Crippen LogP contribution < -0.4 is 10.1 Å². The topological polar surface area (TPSA) is 102 Å². The Labute approximate surface area is 187 Å². The van der Waals surface area contributed by atoms with Gasteiger partial charge in [0.2, 0.25) is 17.7 Å². The largest absolute Gasteiger partial charge is 0.479 e. The molecule has 4 heterocycles. The number of halogens is 2. The Bertz CT molecular complexity index is 1330. The Hall–Kier alpha value is -3.83. The molecule has 172 valence electrons. The van der Waals surface area contributed by atoms with Gasteiger partial charge in [-0.2, -0.15) is 4.98 Å². The molecule has 1 N–H and O–H groups in total. The van der Waals surface area contributed by atoms with Gasteiger partial charge in [0.15, 0.2) is 0 Å². The van der Waals surface area contributed by atoms with Crippen molar-refractivity contribution in [2.45, 2.75) is 31.9 Å². The molecule has 0 saturated carbocycles. The number of nitrogens with one attached hydrogen (secondary N) is 1. The van der Waals surface area contributed by atoms with Crippen LogP contribution in [-0.2, 0) is 11.3 Å². The molecule has 3 aromatic heterocycles. The first-order chi connectivity index (χ1) is 15.9. The van der Waals surface area contributed by atoms with Gasteiger partial charge in [-0.1, -0.05) is 11.3 Å². The first-order valence-electron chi connectivity index (χ1n) is 10.5. The number of fused-ring (bicyclic) bond motifs is 2. The van der Waals surface area contributed by atoms with E-state index in [1.54, 1.807) is 34.8 Å². The summed E-state index contributed by atoms with van der Waals surface area (Å²) < 4.78 is 34.2. The van der Waals surface area contributed by atoms with Gasteiger partial charge in [0.05, 0.1) is 12.6 Å². The summed E-state index contributed by atoms with van der Waals surface area (Å²) in [7, 11) is 3.30. The van der Waals surface area contributed by atoms with Gasteiger partial charge in [-0.05, 0) is 30.2 Å². The standard InChI is InChI=1S/C21H22F2N8O2/c1-29-10-13(4-6-18(29)32)24-21-25-20(33-2)19-14(7-8-30(19)27-21)12-3-5-15-16(9-12)31(28-26-15)11-17(22)23/h3,5,7-9,13,17H,4,6,10-11H2,1-2H3,(H,24,27)/t13-/m0/s1. The average molecular weight is 456 g/mol. The molecule has 1 aliphatic rings. The highest BCUT2D eigenvalue weighted by molar-refractivity contribution is 5.89. The maximum atomic E-state index is 12.9. The molecule has 1 amide bonds. The normalized spacial score (nSPS) is 16.8. The summed E-state index contributed by atoms with van der Waals surface area (Å²) >= 11 is 0. The van der Waals surface area contributed by atoms with Crippen molar-refractivity contribution in [2.75, 3.05) is 26.0 Å². The van der Waals surface area contributed by atoms with Crippen LogP contribution in [0, 0.1) is 0 Å². The highest BCUT2D eigenvalue weighted by Gasteiger charge is 2.24. The van der Waals surface area contributed by atoms with Gasteiger partial charge in [0.1, 0.15) is 17.6 Å². The Morgan fingerprint density at radius 3 is 2.91 bits per heavy atom. The fraction of sp³-hybridized carbons (Fsp3) is 0.381. The predicted octanol–water partition coefficient (Wildman–Crippen LogP) is 2.45. The molecule has 1 saturated heterocycles. The molecule has 5 rings (SSSR count). The van der Waals surface area contributed by atoms with E-state index in [4.69, 9.17) is 4.74 Å². The minimum Gasteiger partial charge on any atom is -0.479 e. The van der Waals surface area contributed by atoms with Gasteiger partial charge in [0, 0.05) is 37.8 Å². The maximum Gasteiger partial charge on any atom is 0.258 e. The molecule has 0 aliphatic carbocycles. The molecule has 0 bridgehead atoms. The molecule has 1 aliphatic heterocycles. The summed E-state index contributed by atoms with van der Waals surface area (Å²) in [6.45, 7) is 0.0414. The average Bonchev–Trinajstić information content (AvgIpc) is 3.39. The Morgan fingerprint density at radius 1 is 1.30 bits per heavy atom. The van der Waals surface area contributed by atoms with E-state index < -0.39 is 13.0 Å². The van der Waals surface area contributed by atoms with E-state index in [9.17, 15) is 13.6 Å². The molecular weight excluding hydrogens is 434 g/mol. The van der Waals surface area contributed by atoms with Crippen LogP contribution >= 0.6 is 0 Å². The number of carbonyl (C=O) groups excluding carboxylic acids is 1. The lowest BCUT2D eigenvalue weighted by Crippen LogP contribution is -2.43. The number of alkyl halides is 2. The SMILES string of the molecule is COc1nc(N[C@H]2CCC(=O)N(C)C2)nn2ccc(-c3ccc4nnn(CC(F)F)c4c3)c12. The summed E-state index contributed by atoms with van der Waals surface area (Å²) in [5, 5.41) is 15.6. The second-order valence-corrected chi connectivity index (χ2v) is 7.99. The molecule has 0 unspecified atom stereocenters. The summed E-state index contributed by atoms with van der Waals surface area (Å²) in [6, 6.07) is 7.27. The van der Waals surface area contributed by atoms with Crippen LogP contribution in [-0.4, -0.2) is 73.6 Å². The van der Waals surface area contributed by atoms with Crippen molar-refractivity contribution in [3.05, 3.63) is 30.5 Å². The molecule has 1 aromatic carbocycles. The number of likely N-dealkylation sites (N-methyl/N-ethyl adjacent to an activating group) is 1. The number of nitrogens with zero attached hydrogens (tertiary/aromatic N) is 7. The number of benzene rings is 1. The van der Waals surface area contributed by atoms with Crippen molar-refractivity contribution < 1.29 is 18.3 Å². The van der Waals surface area contributed by atoms with E-state index in [1.807, 2.05) is 12.1 Å². The Balaban J connectivity index is 1.51. The third kappa shape index (κ3) is 3.92. The third-order valence-electron chi connectivity index (χ3n) is 5.77. The van der Waals surface area contributed by atoms with Crippen molar-refractivity contribution >= 4 is 28.4 Å². The van der Waals surface area contributed by atoms with Gasteiger partial charge in [0.25, 0.3) is 6.43 Å². The van der Waals surface area contributed by atoms with Crippen LogP contribution in [0.2, 0.25) is 0 Å². The lowest BCUT2D eigenvalue weighted by atomic mass is 10.1. The summed E-state index contributed by atoms with van der Waals surface area (Å²) in [5.74, 6) is 0.884. The van der Waals surface area contributed by atoms with Crippen molar-refractivity contribution in [1.29, 1.82) is 0 Å². The molecular formula is C21H22F2N8O2. The molecule has 1 fully saturated rings. The fourth-order valence-electron chi connectivity index (χ4n) is 4.14. The minimum atomic E-state index is -2.53. The minimum absolute atomic E-state index is 0.0370. The van der Waals surface area contributed by atoms with Crippen molar-refractivity contribution in [2.24, 2.45) is 0 Å². The zero-order valence-electron chi connectivity index (χ0n) is 18.1. The van der Waals surface area contributed by atoms with E-state index in [1.165, 1.54) is 11.8 Å². The zero-order valence-corrected chi connectivity index (χ0v) is 18.1. The molecule has 4 aromatic rings. The van der Waals surface area contributed by atoms with Gasteiger partial charge < -0.3 is 15.0 Å². The number of aromatic nitrogens is 6. The van der Waals surface area contributed by atoms with E-state index in [0.717, 1.165) is 11.1 Å². The summed E-state index contributed by atoms with van der Waals surface area (Å²) in [5.41, 5.74) is 3.26. The second kappa shape index (κ2) is 8.26.